The summed E-state index contributed by atoms with van der Waals surface area (Å²) in [6, 6.07) is 11.6. The Balaban J connectivity index is 1.72. The monoisotopic (exact) mass is 431 g/mol. The molecule has 0 heterocycles. The van der Waals surface area contributed by atoms with Crippen molar-refractivity contribution in [1.29, 1.82) is 0 Å². The van der Waals surface area contributed by atoms with Crippen molar-refractivity contribution >= 4 is 29.4 Å². The Morgan fingerprint density at radius 2 is 1.71 bits per heavy atom. The fourth-order valence-electron chi connectivity index (χ4n) is 2.42. The molecule has 9 nitrogen and oxygen atoms in total. The van der Waals surface area contributed by atoms with Gasteiger partial charge in [-0.3, -0.25) is 19.2 Å². The summed E-state index contributed by atoms with van der Waals surface area (Å²) in [5, 5.41) is 4.89. The molecular formula is C21H22FN3O6. The Morgan fingerprint density at radius 1 is 1.03 bits per heavy atom. The molecule has 0 bridgehead atoms. The average Bonchev–Trinajstić information content (AvgIpc) is 2.77. The van der Waals surface area contributed by atoms with Crippen LogP contribution in [0.4, 0.5) is 10.1 Å². The Labute approximate surface area is 178 Å². The molecule has 2 rings (SSSR count). The number of nitrogens with zero attached hydrogens (tertiary/aromatic N) is 1. The topological polar surface area (TPSA) is 114 Å². The summed E-state index contributed by atoms with van der Waals surface area (Å²) < 4.78 is 22.8. The highest BCUT2D eigenvalue weighted by atomic mass is 19.1. The molecule has 0 spiro atoms. The number of esters is 1. The molecule has 31 heavy (non-hydrogen) atoms. The van der Waals surface area contributed by atoms with Crippen molar-refractivity contribution in [1.82, 2.24) is 10.2 Å². The number of ether oxygens (including phenoxy) is 2. The van der Waals surface area contributed by atoms with Gasteiger partial charge in [0.15, 0.2) is 6.61 Å². The van der Waals surface area contributed by atoms with Crippen molar-refractivity contribution < 1.29 is 33.0 Å². The molecule has 0 radical (unpaired) electrons. The van der Waals surface area contributed by atoms with Crippen LogP contribution in [-0.2, 0) is 19.1 Å². The normalized spacial score (nSPS) is 10.0. The lowest BCUT2D eigenvalue weighted by Crippen LogP contribution is -2.38. The number of amides is 3. The number of para-hydroxylation sites is 1. The summed E-state index contributed by atoms with van der Waals surface area (Å²) in [5.41, 5.74) is 0.630. The van der Waals surface area contributed by atoms with Gasteiger partial charge in [-0.2, -0.15) is 0 Å². The number of hydrogen-bond acceptors (Lipinski definition) is 6. The van der Waals surface area contributed by atoms with E-state index in [0.717, 1.165) is 4.90 Å². The third kappa shape index (κ3) is 7.42. The number of methoxy groups -OCH3 is 1. The molecule has 164 valence electrons. The molecule has 0 atom stereocenters. The van der Waals surface area contributed by atoms with Gasteiger partial charge < -0.3 is 25.0 Å². The molecule has 0 saturated carbocycles. The maximum Gasteiger partial charge on any atom is 0.325 e. The van der Waals surface area contributed by atoms with Gasteiger partial charge >= 0.3 is 5.97 Å². The highest BCUT2D eigenvalue weighted by Gasteiger charge is 2.17. The summed E-state index contributed by atoms with van der Waals surface area (Å²) in [6.45, 7) is -1.33. The van der Waals surface area contributed by atoms with Crippen LogP contribution in [0, 0.1) is 5.82 Å². The van der Waals surface area contributed by atoms with Crippen LogP contribution < -0.4 is 15.4 Å². The molecule has 0 unspecified atom stereocenters. The van der Waals surface area contributed by atoms with Gasteiger partial charge in [0.25, 0.3) is 11.8 Å². The molecule has 0 aliphatic rings. The number of hydrogen-bond donors (Lipinski definition) is 2. The lowest BCUT2D eigenvalue weighted by Gasteiger charge is -2.17. The molecule has 2 aromatic carbocycles. The first-order valence-electron chi connectivity index (χ1n) is 9.16. The van der Waals surface area contributed by atoms with Crippen LogP contribution in [0.1, 0.15) is 10.4 Å². The first-order valence-corrected chi connectivity index (χ1v) is 9.16. The lowest BCUT2D eigenvalue weighted by molar-refractivity contribution is -0.150. The second-order valence-electron chi connectivity index (χ2n) is 6.35. The quantitative estimate of drug-likeness (QED) is 0.577. The molecule has 10 heteroatoms. The first-order chi connectivity index (χ1) is 14.8. The fraction of sp³-hybridized carbons (Fsp3) is 0.238. The van der Waals surface area contributed by atoms with Crippen LogP contribution in [0.25, 0.3) is 0 Å². The van der Waals surface area contributed by atoms with Crippen molar-refractivity contribution in [3.63, 3.8) is 0 Å². The molecule has 0 saturated heterocycles. The van der Waals surface area contributed by atoms with E-state index in [2.05, 4.69) is 10.6 Å². The van der Waals surface area contributed by atoms with Gasteiger partial charge in [-0.05, 0) is 36.4 Å². The van der Waals surface area contributed by atoms with Gasteiger partial charge in [0, 0.05) is 12.7 Å². The van der Waals surface area contributed by atoms with Gasteiger partial charge in [-0.1, -0.05) is 12.1 Å². The van der Waals surface area contributed by atoms with Gasteiger partial charge in [0.05, 0.1) is 19.2 Å². The van der Waals surface area contributed by atoms with Crippen LogP contribution in [0.15, 0.2) is 48.5 Å². The van der Waals surface area contributed by atoms with Crippen molar-refractivity contribution in [3.8, 4) is 5.75 Å². The van der Waals surface area contributed by atoms with E-state index in [-0.39, 0.29) is 12.1 Å². The highest BCUT2D eigenvalue weighted by molar-refractivity contribution is 5.98. The van der Waals surface area contributed by atoms with E-state index in [1.165, 1.54) is 44.5 Å². The molecule has 3 amide bonds. The van der Waals surface area contributed by atoms with Crippen LogP contribution in [0.2, 0.25) is 0 Å². The van der Waals surface area contributed by atoms with Crippen LogP contribution in [0.5, 0.6) is 5.75 Å². The minimum Gasteiger partial charge on any atom is -0.496 e. The van der Waals surface area contributed by atoms with E-state index in [1.807, 2.05) is 0 Å². The van der Waals surface area contributed by atoms with Crippen LogP contribution >= 0.6 is 0 Å². The molecule has 0 aromatic heterocycles. The summed E-state index contributed by atoms with van der Waals surface area (Å²) >= 11 is 0. The zero-order chi connectivity index (χ0) is 22.8. The first kappa shape index (κ1) is 23.3. The third-order valence-electron chi connectivity index (χ3n) is 4.04. The summed E-state index contributed by atoms with van der Waals surface area (Å²) in [6.07, 6.45) is 0. The van der Waals surface area contributed by atoms with Crippen molar-refractivity contribution in [2.75, 3.05) is 39.2 Å². The van der Waals surface area contributed by atoms with E-state index in [0.29, 0.717) is 11.4 Å². The second-order valence-corrected chi connectivity index (χ2v) is 6.35. The Kier molecular flexibility index (Phi) is 8.50. The molecule has 0 fully saturated rings. The van der Waals surface area contributed by atoms with Gasteiger partial charge in [-0.15, -0.1) is 0 Å². The highest BCUT2D eigenvalue weighted by Crippen LogP contribution is 2.16. The lowest BCUT2D eigenvalue weighted by atomic mass is 10.2. The van der Waals surface area contributed by atoms with E-state index in [9.17, 15) is 23.6 Å². The Morgan fingerprint density at radius 3 is 2.39 bits per heavy atom. The van der Waals surface area contributed by atoms with Crippen LogP contribution in [0.3, 0.4) is 0 Å². The smallest absolute Gasteiger partial charge is 0.325 e. The van der Waals surface area contributed by atoms with Crippen LogP contribution in [-0.4, -0.2) is 62.4 Å². The zero-order valence-corrected chi connectivity index (χ0v) is 17.0. The number of halogens is 1. The van der Waals surface area contributed by atoms with E-state index in [1.54, 1.807) is 18.2 Å². The predicted octanol–water partition coefficient (Wildman–Crippen LogP) is 1.20. The molecule has 2 aromatic rings. The number of nitrogens with one attached hydrogen (secondary N) is 2. The van der Waals surface area contributed by atoms with Crippen molar-refractivity contribution in [3.05, 3.63) is 59.9 Å². The van der Waals surface area contributed by atoms with E-state index >= 15 is 0 Å². The number of carbonyl (C=O) groups is 4. The SMILES string of the molecule is COc1ccccc1C(=O)NCC(=O)OCC(=O)N(C)CC(=O)Nc1ccc(F)cc1. The number of benzene rings is 2. The van der Waals surface area contributed by atoms with E-state index < -0.39 is 42.7 Å². The minimum absolute atomic E-state index is 0.251. The zero-order valence-electron chi connectivity index (χ0n) is 17.0. The van der Waals surface area contributed by atoms with Gasteiger partial charge in [0.2, 0.25) is 5.91 Å². The largest absolute Gasteiger partial charge is 0.496 e. The number of likely N-dealkylation sites (N-methyl/N-ethyl adjacent to an activating group) is 1. The Hall–Kier alpha value is -3.95. The van der Waals surface area contributed by atoms with Gasteiger partial charge in [0.1, 0.15) is 18.1 Å². The standard InChI is InChI=1S/C21H22FN3O6/c1-25(12-18(26)24-15-9-7-14(22)8-10-15)19(27)13-31-20(28)11-23-21(29)16-5-3-4-6-17(16)30-2/h3-10H,11-13H2,1-2H3,(H,23,29)(H,24,26). The maximum atomic E-state index is 12.9. The summed E-state index contributed by atoms with van der Waals surface area (Å²) in [7, 11) is 2.78. The predicted molar refractivity (Wildman–Crippen MR) is 109 cm³/mol. The second kappa shape index (κ2) is 11.3. The molecular weight excluding hydrogens is 409 g/mol. The number of carbonyl (C=O) groups excluding carboxylic acids is 4. The fourth-order valence-corrected chi connectivity index (χ4v) is 2.42. The average molecular weight is 431 g/mol. The number of rotatable bonds is 9. The summed E-state index contributed by atoms with van der Waals surface area (Å²) in [4.78, 5) is 49.0. The van der Waals surface area contributed by atoms with Crippen molar-refractivity contribution in [2.45, 2.75) is 0 Å². The third-order valence-corrected chi connectivity index (χ3v) is 4.04. The Bertz CT molecular complexity index is 948. The number of anilines is 1. The molecule has 0 aliphatic carbocycles. The minimum atomic E-state index is -0.819. The van der Waals surface area contributed by atoms with Crippen molar-refractivity contribution in [2.24, 2.45) is 0 Å². The maximum absolute atomic E-state index is 12.9. The molecule has 2 N–H and O–H groups in total. The van der Waals surface area contributed by atoms with E-state index in [4.69, 9.17) is 9.47 Å². The summed E-state index contributed by atoms with van der Waals surface area (Å²) in [5.74, 6) is -2.55. The van der Waals surface area contributed by atoms with Gasteiger partial charge in [-0.25, -0.2) is 4.39 Å². The molecule has 0 aliphatic heterocycles.